The Bertz CT molecular complexity index is 387. The first-order chi connectivity index (χ1) is 7.27. The van der Waals surface area contributed by atoms with Gasteiger partial charge in [-0.15, -0.1) is 0 Å². The fourth-order valence-corrected chi connectivity index (χ4v) is 1.10. The molecule has 0 saturated carbocycles. The van der Waals surface area contributed by atoms with Crippen LogP contribution in [-0.2, 0) is 12.7 Å². The van der Waals surface area contributed by atoms with Crippen LogP contribution in [0.2, 0.25) is 0 Å². The molecule has 0 fully saturated rings. The highest BCUT2D eigenvalue weighted by molar-refractivity contribution is 5.28. The van der Waals surface area contributed by atoms with Crippen LogP contribution in [0.15, 0.2) is 6.07 Å². The highest BCUT2D eigenvalue weighted by Crippen LogP contribution is 2.36. The molecule has 0 unspecified atom stereocenters. The van der Waals surface area contributed by atoms with E-state index >= 15 is 0 Å². The fraction of sp³-hybridized carbons (Fsp3) is 0.375. The maximum atomic E-state index is 13.0. The lowest BCUT2D eigenvalue weighted by Crippen LogP contribution is -2.17. The molecular formula is C8H6F6N2. The summed E-state index contributed by atoms with van der Waals surface area (Å²) in [7, 11) is 0. The summed E-state index contributed by atoms with van der Waals surface area (Å²) in [6, 6.07) is 0.469. The van der Waals surface area contributed by atoms with Crippen molar-refractivity contribution in [3.05, 3.63) is 28.8 Å². The van der Waals surface area contributed by atoms with Gasteiger partial charge in [0.1, 0.15) is 5.82 Å². The third-order valence-corrected chi connectivity index (χ3v) is 1.76. The second-order valence-corrected chi connectivity index (χ2v) is 2.86. The number of alkyl halides is 5. The lowest BCUT2D eigenvalue weighted by molar-refractivity contribution is -0.143. The Morgan fingerprint density at radius 1 is 1.31 bits per heavy atom. The van der Waals surface area contributed by atoms with E-state index in [-0.39, 0.29) is 0 Å². The van der Waals surface area contributed by atoms with E-state index in [0.717, 1.165) is 0 Å². The summed E-state index contributed by atoms with van der Waals surface area (Å²) in [5.74, 6) is -1.65. The molecule has 0 saturated heterocycles. The zero-order valence-corrected chi connectivity index (χ0v) is 7.65. The molecule has 16 heavy (non-hydrogen) atoms. The van der Waals surface area contributed by atoms with E-state index in [1.807, 2.05) is 0 Å². The third-order valence-electron chi connectivity index (χ3n) is 1.76. The Hall–Kier alpha value is -1.31. The molecular weight excluding hydrogens is 238 g/mol. The average molecular weight is 244 g/mol. The van der Waals surface area contributed by atoms with Gasteiger partial charge in [0, 0.05) is 6.54 Å². The van der Waals surface area contributed by atoms with Gasteiger partial charge in [-0.1, -0.05) is 0 Å². The Balaban J connectivity index is 3.47. The molecule has 0 aromatic carbocycles. The van der Waals surface area contributed by atoms with Crippen LogP contribution in [0.5, 0.6) is 0 Å². The van der Waals surface area contributed by atoms with E-state index in [4.69, 9.17) is 5.73 Å². The first-order valence-electron chi connectivity index (χ1n) is 4.02. The standard InChI is InChI=1S/C8H6F6N2/c9-4-1-3(2-15)16-6(8(12,13)14)5(4)7(10)11/h1,7H,2,15H2. The number of hydrogen-bond donors (Lipinski definition) is 1. The van der Waals surface area contributed by atoms with Crippen LogP contribution in [0.25, 0.3) is 0 Å². The lowest BCUT2D eigenvalue weighted by atomic mass is 10.1. The van der Waals surface area contributed by atoms with Crippen LogP contribution in [0.4, 0.5) is 26.3 Å². The number of halogens is 6. The molecule has 0 radical (unpaired) electrons. The number of pyridine rings is 1. The van der Waals surface area contributed by atoms with Crippen molar-refractivity contribution in [3.8, 4) is 0 Å². The van der Waals surface area contributed by atoms with Gasteiger partial charge in [0.05, 0.1) is 11.3 Å². The Kier molecular flexibility index (Phi) is 3.41. The monoisotopic (exact) mass is 244 g/mol. The van der Waals surface area contributed by atoms with Gasteiger partial charge in [0.2, 0.25) is 0 Å². The van der Waals surface area contributed by atoms with Crippen LogP contribution in [-0.4, -0.2) is 4.98 Å². The van der Waals surface area contributed by atoms with Gasteiger partial charge < -0.3 is 5.73 Å². The molecule has 0 aliphatic rings. The zero-order chi connectivity index (χ0) is 12.5. The number of nitrogens with two attached hydrogens (primary N) is 1. The lowest BCUT2D eigenvalue weighted by Gasteiger charge is -2.13. The SMILES string of the molecule is NCc1cc(F)c(C(F)F)c(C(F)(F)F)n1. The molecule has 1 aromatic rings. The summed E-state index contributed by atoms with van der Waals surface area (Å²) in [5, 5.41) is 0. The zero-order valence-electron chi connectivity index (χ0n) is 7.65. The Labute approximate surface area is 86.1 Å². The van der Waals surface area contributed by atoms with Gasteiger partial charge in [-0.25, -0.2) is 18.2 Å². The molecule has 0 aliphatic carbocycles. The van der Waals surface area contributed by atoms with Crippen LogP contribution >= 0.6 is 0 Å². The van der Waals surface area contributed by atoms with Crippen molar-refractivity contribution < 1.29 is 26.3 Å². The minimum atomic E-state index is -5.14. The summed E-state index contributed by atoms with van der Waals surface area (Å²) in [6.45, 7) is -0.469. The average Bonchev–Trinajstić information content (AvgIpc) is 2.14. The first-order valence-corrected chi connectivity index (χ1v) is 4.02. The fourth-order valence-electron chi connectivity index (χ4n) is 1.10. The van der Waals surface area contributed by atoms with Gasteiger partial charge >= 0.3 is 6.18 Å². The molecule has 2 nitrogen and oxygen atoms in total. The summed E-state index contributed by atoms with van der Waals surface area (Å²) < 4.78 is 74.4. The molecule has 0 atom stereocenters. The smallest absolute Gasteiger partial charge is 0.325 e. The minimum absolute atomic E-state index is 0.436. The number of hydrogen-bond acceptors (Lipinski definition) is 2. The van der Waals surface area contributed by atoms with Crippen LogP contribution in [0.3, 0.4) is 0 Å². The van der Waals surface area contributed by atoms with Crippen molar-refractivity contribution in [2.45, 2.75) is 19.1 Å². The molecule has 2 N–H and O–H groups in total. The Morgan fingerprint density at radius 3 is 2.25 bits per heavy atom. The quantitative estimate of drug-likeness (QED) is 0.812. The van der Waals surface area contributed by atoms with Gasteiger partial charge in [-0.3, -0.25) is 0 Å². The maximum Gasteiger partial charge on any atom is 0.433 e. The van der Waals surface area contributed by atoms with Gasteiger partial charge in [-0.05, 0) is 6.07 Å². The van der Waals surface area contributed by atoms with Gasteiger partial charge in [-0.2, -0.15) is 13.2 Å². The predicted octanol–water partition coefficient (Wildman–Crippen LogP) is 2.64. The molecule has 0 spiro atoms. The van der Waals surface area contributed by atoms with Crippen LogP contribution < -0.4 is 5.73 Å². The molecule has 0 bridgehead atoms. The van der Waals surface area contributed by atoms with Gasteiger partial charge in [0.15, 0.2) is 5.69 Å². The summed E-state index contributed by atoms with van der Waals surface area (Å²) in [6.07, 6.45) is -8.73. The van der Waals surface area contributed by atoms with E-state index in [1.165, 1.54) is 0 Å². The molecule has 8 heteroatoms. The predicted molar refractivity (Wildman–Crippen MR) is 42.0 cm³/mol. The molecule has 1 rings (SSSR count). The van der Waals surface area contributed by atoms with Crippen LogP contribution in [0.1, 0.15) is 23.4 Å². The molecule has 0 aliphatic heterocycles. The molecule has 1 heterocycles. The minimum Gasteiger partial charge on any atom is -0.325 e. The van der Waals surface area contributed by atoms with Gasteiger partial charge in [0.25, 0.3) is 6.43 Å². The number of nitrogens with zero attached hydrogens (tertiary/aromatic N) is 1. The summed E-state index contributed by atoms with van der Waals surface area (Å²) in [5.41, 5.74) is 0.864. The Morgan fingerprint density at radius 2 is 1.88 bits per heavy atom. The highest BCUT2D eigenvalue weighted by Gasteiger charge is 2.39. The van der Waals surface area contributed by atoms with E-state index in [9.17, 15) is 26.3 Å². The van der Waals surface area contributed by atoms with Crippen molar-refractivity contribution in [1.29, 1.82) is 0 Å². The number of rotatable bonds is 2. The maximum absolute atomic E-state index is 13.0. The molecule has 90 valence electrons. The van der Waals surface area contributed by atoms with E-state index in [0.29, 0.717) is 6.07 Å². The van der Waals surface area contributed by atoms with E-state index < -0.39 is 41.9 Å². The largest absolute Gasteiger partial charge is 0.433 e. The topological polar surface area (TPSA) is 38.9 Å². The van der Waals surface area contributed by atoms with E-state index in [2.05, 4.69) is 4.98 Å². The van der Waals surface area contributed by atoms with Crippen LogP contribution in [0, 0.1) is 5.82 Å². The van der Waals surface area contributed by atoms with Crippen molar-refractivity contribution in [2.75, 3.05) is 0 Å². The van der Waals surface area contributed by atoms with Crippen molar-refractivity contribution in [2.24, 2.45) is 5.73 Å². The highest BCUT2D eigenvalue weighted by atomic mass is 19.4. The summed E-state index contributed by atoms with van der Waals surface area (Å²) in [4.78, 5) is 2.87. The normalized spacial score (nSPS) is 12.2. The molecule has 0 amide bonds. The van der Waals surface area contributed by atoms with Crippen molar-refractivity contribution in [3.63, 3.8) is 0 Å². The van der Waals surface area contributed by atoms with Crippen molar-refractivity contribution >= 4 is 0 Å². The molecule has 1 aromatic heterocycles. The first kappa shape index (κ1) is 12.8. The van der Waals surface area contributed by atoms with E-state index in [1.54, 1.807) is 0 Å². The second-order valence-electron chi connectivity index (χ2n) is 2.86. The summed E-state index contributed by atoms with van der Waals surface area (Å²) >= 11 is 0. The third kappa shape index (κ3) is 2.43. The van der Waals surface area contributed by atoms with Crippen molar-refractivity contribution in [1.82, 2.24) is 4.98 Å². The second kappa shape index (κ2) is 4.28. The number of aromatic nitrogens is 1.